The van der Waals surface area contributed by atoms with E-state index in [-0.39, 0.29) is 0 Å². The van der Waals surface area contributed by atoms with Gasteiger partial charge in [0.25, 0.3) is 0 Å². The molecule has 1 rings (SSSR count). The van der Waals surface area contributed by atoms with Crippen LogP contribution in [-0.4, -0.2) is 26.9 Å². The van der Waals surface area contributed by atoms with E-state index in [4.69, 9.17) is 5.11 Å². The Bertz CT molecular complexity index is 360. The first-order chi connectivity index (χ1) is 7.54. The van der Waals surface area contributed by atoms with Gasteiger partial charge < -0.3 is 10.4 Å². The highest BCUT2D eigenvalue weighted by Crippen LogP contribution is 2.05. The molecule has 2 N–H and O–H groups in total. The summed E-state index contributed by atoms with van der Waals surface area (Å²) in [4.78, 5) is 10.9. The number of carbonyl (C=O) groups is 1. The lowest BCUT2D eigenvalue weighted by Gasteiger charge is -2.12. The second kappa shape index (κ2) is 5.65. The highest BCUT2D eigenvalue weighted by atomic mass is 16.4. The van der Waals surface area contributed by atoms with Gasteiger partial charge >= 0.3 is 5.97 Å². The van der Waals surface area contributed by atoms with Crippen molar-refractivity contribution < 1.29 is 9.90 Å². The van der Waals surface area contributed by atoms with Crippen molar-refractivity contribution in [1.82, 2.24) is 15.1 Å². The number of nitrogens with zero attached hydrogens (tertiary/aromatic N) is 2. The minimum atomic E-state index is -0.789. The highest BCUT2D eigenvalue weighted by molar-refractivity contribution is 5.73. The molecule has 0 radical (unpaired) electrons. The summed E-state index contributed by atoms with van der Waals surface area (Å²) in [5.41, 5.74) is 1.99. The smallest absolute Gasteiger partial charge is 0.320 e. The minimum Gasteiger partial charge on any atom is -0.480 e. The van der Waals surface area contributed by atoms with Gasteiger partial charge in [0.15, 0.2) is 0 Å². The van der Waals surface area contributed by atoms with Crippen molar-refractivity contribution in [2.45, 2.75) is 39.3 Å². The van der Waals surface area contributed by atoms with Crippen LogP contribution in [-0.2, 0) is 18.4 Å². The number of nitrogens with one attached hydrogen (secondary N) is 1. The predicted octanol–water partition coefficient (Wildman–Crippen LogP) is 1.07. The third kappa shape index (κ3) is 3.34. The zero-order valence-electron chi connectivity index (χ0n) is 10.0. The molecular formula is C11H19N3O2. The normalized spacial score (nSPS) is 12.7. The van der Waals surface area contributed by atoms with Gasteiger partial charge in [-0.3, -0.25) is 9.48 Å². The third-order valence-electron chi connectivity index (χ3n) is 2.53. The quantitative estimate of drug-likeness (QED) is 0.760. The first kappa shape index (κ1) is 12.7. The average molecular weight is 225 g/mol. The molecule has 0 aromatic carbocycles. The summed E-state index contributed by atoms with van der Waals surface area (Å²) < 4.78 is 1.74. The molecule has 0 spiro atoms. The van der Waals surface area contributed by atoms with Crippen LogP contribution in [0.3, 0.4) is 0 Å². The zero-order chi connectivity index (χ0) is 12.1. The van der Waals surface area contributed by atoms with Crippen LogP contribution in [0.25, 0.3) is 0 Å². The molecular weight excluding hydrogens is 206 g/mol. The van der Waals surface area contributed by atoms with Crippen LogP contribution >= 0.6 is 0 Å². The maximum Gasteiger partial charge on any atom is 0.320 e. The van der Waals surface area contributed by atoms with Crippen molar-refractivity contribution in [1.29, 1.82) is 0 Å². The lowest BCUT2D eigenvalue weighted by molar-refractivity contribution is -0.139. The van der Waals surface area contributed by atoms with Crippen LogP contribution in [0.5, 0.6) is 0 Å². The van der Waals surface area contributed by atoms with Crippen molar-refractivity contribution in [3.63, 3.8) is 0 Å². The standard InChI is InChI=1S/C11H19N3O2/c1-4-5-10(11(15)16)12-6-9-7-14(3)13-8(9)2/h7,10,12H,4-6H2,1-3H3,(H,15,16). The Morgan fingerprint density at radius 2 is 2.38 bits per heavy atom. The number of aryl methyl sites for hydroxylation is 2. The predicted molar refractivity (Wildman–Crippen MR) is 61.1 cm³/mol. The Morgan fingerprint density at radius 3 is 2.81 bits per heavy atom. The minimum absolute atomic E-state index is 0.468. The van der Waals surface area contributed by atoms with Gasteiger partial charge in [0, 0.05) is 25.4 Å². The molecule has 1 aromatic rings. The van der Waals surface area contributed by atoms with Crippen LogP contribution in [0, 0.1) is 6.92 Å². The van der Waals surface area contributed by atoms with Crippen molar-refractivity contribution >= 4 is 5.97 Å². The van der Waals surface area contributed by atoms with E-state index in [0.717, 1.165) is 17.7 Å². The number of hydrogen-bond acceptors (Lipinski definition) is 3. The van der Waals surface area contributed by atoms with Gasteiger partial charge in [0.2, 0.25) is 0 Å². The fourth-order valence-electron chi connectivity index (χ4n) is 1.66. The SMILES string of the molecule is CCCC(NCc1cn(C)nc1C)C(=O)O. The van der Waals surface area contributed by atoms with Gasteiger partial charge in [-0.25, -0.2) is 0 Å². The molecule has 90 valence electrons. The second-order valence-electron chi connectivity index (χ2n) is 3.97. The molecule has 1 heterocycles. The second-order valence-corrected chi connectivity index (χ2v) is 3.97. The van der Waals surface area contributed by atoms with Crippen LogP contribution < -0.4 is 5.32 Å². The van der Waals surface area contributed by atoms with Crippen molar-refractivity contribution in [3.8, 4) is 0 Å². The Kier molecular flexibility index (Phi) is 4.49. The molecule has 0 aliphatic rings. The largest absolute Gasteiger partial charge is 0.480 e. The maximum absolute atomic E-state index is 10.9. The fraction of sp³-hybridized carbons (Fsp3) is 0.636. The number of carboxylic acid groups (broad SMARTS) is 1. The Labute approximate surface area is 95.5 Å². The van der Waals surface area contributed by atoms with E-state index in [1.54, 1.807) is 4.68 Å². The molecule has 0 saturated carbocycles. The van der Waals surface area contributed by atoms with Gasteiger partial charge in [-0.2, -0.15) is 5.10 Å². The fourth-order valence-corrected chi connectivity index (χ4v) is 1.66. The lowest BCUT2D eigenvalue weighted by atomic mass is 10.1. The molecule has 0 saturated heterocycles. The van der Waals surface area contributed by atoms with E-state index >= 15 is 0 Å². The van der Waals surface area contributed by atoms with Gasteiger partial charge in [-0.1, -0.05) is 13.3 Å². The monoisotopic (exact) mass is 225 g/mol. The molecule has 0 amide bonds. The zero-order valence-corrected chi connectivity index (χ0v) is 10.0. The van der Waals surface area contributed by atoms with Crippen LogP contribution in [0.1, 0.15) is 31.0 Å². The first-order valence-electron chi connectivity index (χ1n) is 5.50. The topological polar surface area (TPSA) is 67.2 Å². The Balaban J connectivity index is 2.55. The van der Waals surface area contributed by atoms with E-state index in [1.165, 1.54) is 0 Å². The summed E-state index contributed by atoms with van der Waals surface area (Å²) in [5.74, 6) is -0.789. The van der Waals surface area contributed by atoms with Gasteiger partial charge in [0.1, 0.15) is 6.04 Å². The molecule has 1 aromatic heterocycles. The van der Waals surface area contributed by atoms with E-state index in [9.17, 15) is 4.79 Å². The van der Waals surface area contributed by atoms with Crippen LogP contribution in [0.15, 0.2) is 6.20 Å². The maximum atomic E-state index is 10.9. The molecule has 16 heavy (non-hydrogen) atoms. The summed E-state index contributed by atoms with van der Waals surface area (Å²) in [5, 5.41) is 16.2. The average Bonchev–Trinajstić information content (AvgIpc) is 2.51. The summed E-state index contributed by atoms with van der Waals surface area (Å²) in [6, 6.07) is -0.468. The van der Waals surface area contributed by atoms with Gasteiger partial charge in [0.05, 0.1) is 5.69 Å². The number of rotatable bonds is 6. The van der Waals surface area contributed by atoms with E-state index in [0.29, 0.717) is 13.0 Å². The summed E-state index contributed by atoms with van der Waals surface area (Å²) >= 11 is 0. The number of aliphatic carboxylic acids is 1. The third-order valence-corrected chi connectivity index (χ3v) is 2.53. The Morgan fingerprint density at radius 1 is 1.69 bits per heavy atom. The summed E-state index contributed by atoms with van der Waals surface area (Å²) in [6.45, 7) is 4.45. The van der Waals surface area contributed by atoms with Gasteiger partial charge in [-0.15, -0.1) is 0 Å². The molecule has 1 unspecified atom stereocenters. The molecule has 0 fully saturated rings. The van der Waals surface area contributed by atoms with Crippen LogP contribution in [0.2, 0.25) is 0 Å². The Hall–Kier alpha value is -1.36. The van der Waals surface area contributed by atoms with Crippen molar-refractivity contribution in [3.05, 3.63) is 17.5 Å². The molecule has 0 aliphatic heterocycles. The van der Waals surface area contributed by atoms with Crippen LogP contribution in [0.4, 0.5) is 0 Å². The molecule has 5 nitrogen and oxygen atoms in total. The summed E-state index contributed by atoms with van der Waals surface area (Å²) in [6.07, 6.45) is 3.41. The first-order valence-corrected chi connectivity index (χ1v) is 5.50. The number of hydrogen-bond donors (Lipinski definition) is 2. The number of carboxylic acids is 1. The van der Waals surface area contributed by atoms with Crippen molar-refractivity contribution in [2.75, 3.05) is 0 Å². The highest BCUT2D eigenvalue weighted by Gasteiger charge is 2.15. The molecule has 0 bridgehead atoms. The number of aromatic nitrogens is 2. The summed E-state index contributed by atoms with van der Waals surface area (Å²) in [7, 11) is 1.86. The molecule has 0 aliphatic carbocycles. The van der Waals surface area contributed by atoms with E-state index < -0.39 is 12.0 Å². The van der Waals surface area contributed by atoms with Gasteiger partial charge in [-0.05, 0) is 13.3 Å². The lowest BCUT2D eigenvalue weighted by Crippen LogP contribution is -2.36. The van der Waals surface area contributed by atoms with E-state index in [1.807, 2.05) is 27.1 Å². The molecule has 5 heteroatoms. The van der Waals surface area contributed by atoms with Crippen molar-refractivity contribution in [2.24, 2.45) is 7.05 Å². The molecule has 1 atom stereocenters. The van der Waals surface area contributed by atoms with E-state index in [2.05, 4.69) is 10.4 Å².